The molecular formula is C12H13ClN2O2S. The second-order valence-corrected chi connectivity index (χ2v) is 5.15. The van der Waals surface area contributed by atoms with E-state index in [9.17, 15) is 4.79 Å². The van der Waals surface area contributed by atoms with Crippen LogP contribution in [0.15, 0.2) is 35.1 Å². The summed E-state index contributed by atoms with van der Waals surface area (Å²) in [5.74, 6) is 1.57. The summed E-state index contributed by atoms with van der Waals surface area (Å²) < 4.78 is 5.36. The highest BCUT2D eigenvalue weighted by Crippen LogP contribution is 2.24. The largest absolute Gasteiger partial charge is 0.495 e. The van der Waals surface area contributed by atoms with Gasteiger partial charge in [-0.3, -0.25) is 5.32 Å². The van der Waals surface area contributed by atoms with Crippen LogP contribution in [-0.4, -0.2) is 18.4 Å². The number of hydrogen-bond donors (Lipinski definition) is 2. The molecule has 2 N–H and O–H groups in total. The van der Waals surface area contributed by atoms with Crippen LogP contribution in [0.5, 0.6) is 0 Å². The third-order valence-electron chi connectivity index (χ3n) is 2.32. The smallest absolute Gasteiger partial charge is 0.324 e. The van der Waals surface area contributed by atoms with Gasteiger partial charge in [0.2, 0.25) is 0 Å². The second kappa shape index (κ2) is 6.02. The summed E-state index contributed by atoms with van der Waals surface area (Å²) in [6, 6.07) is 6.76. The Labute approximate surface area is 115 Å². The van der Waals surface area contributed by atoms with Gasteiger partial charge in [-0.15, -0.1) is 11.8 Å². The summed E-state index contributed by atoms with van der Waals surface area (Å²) in [5, 5.41) is 6.69. The number of amides is 2. The molecule has 1 aromatic carbocycles. The van der Waals surface area contributed by atoms with Crippen molar-refractivity contribution in [1.82, 2.24) is 5.32 Å². The molecule has 1 aliphatic rings. The molecule has 1 aromatic rings. The number of carbonyl (C=O) groups excluding carboxylic acids is 1. The molecule has 0 atom stereocenters. The molecule has 6 heteroatoms. The lowest BCUT2D eigenvalue weighted by atomic mass is 10.3. The van der Waals surface area contributed by atoms with E-state index >= 15 is 0 Å². The Morgan fingerprint density at radius 3 is 2.89 bits per heavy atom. The molecular weight excluding hydrogens is 272 g/mol. The fraction of sp³-hybridized carbons (Fsp3) is 0.250. The van der Waals surface area contributed by atoms with Crippen molar-refractivity contribution in [1.29, 1.82) is 0 Å². The van der Waals surface area contributed by atoms with Crippen molar-refractivity contribution in [2.45, 2.75) is 6.92 Å². The van der Waals surface area contributed by atoms with Crippen molar-refractivity contribution < 1.29 is 9.53 Å². The molecule has 0 saturated heterocycles. The molecule has 0 radical (unpaired) electrons. The zero-order chi connectivity index (χ0) is 13.0. The highest BCUT2D eigenvalue weighted by atomic mass is 35.5. The van der Waals surface area contributed by atoms with E-state index in [-0.39, 0.29) is 6.03 Å². The lowest BCUT2D eigenvalue weighted by Gasteiger charge is -2.19. The van der Waals surface area contributed by atoms with Crippen LogP contribution in [0.1, 0.15) is 6.92 Å². The number of urea groups is 1. The summed E-state index contributed by atoms with van der Waals surface area (Å²) in [7, 11) is 0. The predicted octanol–water partition coefficient (Wildman–Crippen LogP) is 3.41. The number of benzene rings is 1. The monoisotopic (exact) mass is 284 g/mol. The van der Waals surface area contributed by atoms with Gasteiger partial charge < -0.3 is 10.1 Å². The van der Waals surface area contributed by atoms with Crippen molar-refractivity contribution in [2.24, 2.45) is 0 Å². The maximum Gasteiger partial charge on any atom is 0.324 e. The number of hydrogen-bond acceptors (Lipinski definition) is 3. The van der Waals surface area contributed by atoms with Crippen LogP contribution in [0.25, 0.3) is 0 Å². The first-order valence-corrected chi connectivity index (χ1v) is 6.82. The van der Waals surface area contributed by atoms with E-state index < -0.39 is 0 Å². The Hall–Kier alpha value is -1.33. The quantitative estimate of drug-likeness (QED) is 0.875. The van der Waals surface area contributed by atoms with E-state index in [2.05, 4.69) is 10.6 Å². The van der Waals surface area contributed by atoms with Crippen molar-refractivity contribution in [3.05, 3.63) is 40.1 Å². The van der Waals surface area contributed by atoms with Crippen LogP contribution in [-0.2, 0) is 4.74 Å². The van der Waals surface area contributed by atoms with Crippen molar-refractivity contribution in [2.75, 3.05) is 17.7 Å². The molecule has 1 heterocycles. The summed E-state index contributed by atoms with van der Waals surface area (Å²) in [6.45, 7) is 2.51. The van der Waals surface area contributed by atoms with Gasteiger partial charge in [0.15, 0.2) is 0 Å². The van der Waals surface area contributed by atoms with Crippen LogP contribution in [0.4, 0.5) is 10.5 Å². The molecule has 0 bridgehead atoms. The summed E-state index contributed by atoms with van der Waals surface area (Å²) in [4.78, 5) is 11.8. The van der Waals surface area contributed by atoms with Gasteiger partial charge in [0.05, 0.1) is 17.3 Å². The van der Waals surface area contributed by atoms with Crippen molar-refractivity contribution in [3.63, 3.8) is 0 Å². The van der Waals surface area contributed by atoms with E-state index in [1.54, 1.807) is 23.9 Å². The molecule has 96 valence electrons. The number of allylic oxidation sites excluding steroid dienone is 1. The highest BCUT2D eigenvalue weighted by Gasteiger charge is 2.14. The average molecular weight is 285 g/mol. The molecule has 0 unspecified atom stereocenters. The maximum atomic E-state index is 11.8. The van der Waals surface area contributed by atoms with Crippen LogP contribution in [0.3, 0.4) is 0 Å². The van der Waals surface area contributed by atoms with Crippen molar-refractivity contribution in [3.8, 4) is 0 Å². The second-order valence-electron chi connectivity index (χ2n) is 3.64. The SMILES string of the molecule is CC1=C(NC(=O)Nc2ccccc2Cl)SCCO1. The molecule has 0 aromatic heterocycles. The number of para-hydroxylation sites is 1. The zero-order valence-corrected chi connectivity index (χ0v) is 11.4. The molecule has 0 saturated carbocycles. The van der Waals surface area contributed by atoms with E-state index in [1.807, 2.05) is 19.1 Å². The molecule has 2 amide bonds. The molecule has 2 rings (SSSR count). The highest BCUT2D eigenvalue weighted by molar-refractivity contribution is 8.03. The zero-order valence-electron chi connectivity index (χ0n) is 9.83. The van der Waals surface area contributed by atoms with E-state index in [0.29, 0.717) is 17.3 Å². The Morgan fingerprint density at radius 1 is 1.39 bits per heavy atom. The van der Waals surface area contributed by atoms with Gasteiger partial charge in [-0.25, -0.2) is 4.79 Å². The molecule has 0 spiro atoms. The number of thioether (sulfide) groups is 1. The number of anilines is 1. The van der Waals surface area contributed by atoms with E-state index in [4.69, 9.17) is 16.3 Å². The first kappa shape index (κ1) is 13.1. The number of nitrogens with one attached hydrogen (secondary N) is 2. The minimum absolute atomic E-state index is 0.324. The molecule has 0 fully saturated rings. The molecule has 0 aliphatic carbocycles. The third-order valence-corrected chi connectivity index (χ3v) is 3.70. The first-order valence-electron chi connectivity index (χ1n) is 5.46. The van der Waals surface area contributed by atoms with Gasteiger partial charge in [-0.05, 0) is 19.1 Å². The first-order chi connectivity index (χ1) is 8.66. The van der Waals surface area contributed by atoms with E-state index in [0.717, 1.165) is 16.5 Å². The molecule has 1 aliphatic heterocycles. The van der Waals surface area contributed by atoms with Gasteiger partial charge >= 0.3 is 6.03 Å². The Bertz CT molecular complexity index is 491. The topological polar surface area (TPSA) is 50.4 Å². The average Bonchev–Trinajstić information content (AvgIpc) is 2.35. The lowest BCUT2D eigenvalue weighted by molar-refractivity contribution is 0.225. The third kappa shape index (κ3) is 3.34. The molecule has 4 nitrogen and oxygen atoms in total. The van der Waals surface area contributed by atoms with Crippen LogP contribution in [0.2, 0.25) is 5.02 Å². The number of ether oxygens (including phenoxy) is 1. The number of carbonyl (C=O) groups is 1. The fourth-order valence-electron chi connectivity index (χ4n) is 1.45. The Kier molecular flexibility index (Phi) is 4.38. The van der Waals surface area contributed by atoms with Crippen LogP contribution in [0, 0.1) is 0 Å². The van der Waals surface area contributed by atoms with E-state index in [1.165, 1.54) is 0 Å². The van der Waals surface area contributed by atoms with Gasteiger partial charge in [-0.2, -0.15) is 0 Å². The summed E-state index contributed by atoms with van der Waals surface area (Å²) in [5.41, 5.74) is 0.580. The Balaban J connectivity index is 1.99. The molecule has 18 heavy (non-hydrogen) atoms. The number of halogens is 1. The van der Waals surface area contributed by atoms with Crippen LogP contribution >= 0.6 is 23.4 Å². The summed E-state index contributed by atoms with van der Waals surface area (Å²) >= 11 is 7.52. The van der Waals surface area contributed by atoms with Gasteiger partial charge in [-0.1, -0.05) is 23.7 Å². The van der Waals surface area contributed by atoms with Crippen LogP contribution < -0.4 is 10.6 Å². The van der Waals surface area contributed by atoms with Gasteiger partial charge in [0, 0.05) is 5.75 Å². The standard InChI is InChI=1S/C12H13ClN2O2S/c1-8-11(18-7-6-17-8)15-12(16)14-10-5-3-2-4-9(10)13/h2-5H,6-7H2,1H3,(H2,14,15,16). The maximum absolute atomic E-state index is 11.8. The van der Waals surface area contributed by atoms with Gasteiger partial charge in [0.1, 0.15) is 10.8 Å². The number of rotatable bonds is 2. The minimum Gasteiger partial charge on any atom is -0.495 e. The predicted molar refractivity (Wildman–Crippen MR) is 74.7 cm³/mol. The fourth-order valence-corrected chi connectivity index (χ4v) is 2.43. The Morgan fingerprint density at radius 2 is 2.17 bits per heavy atom. The minimum atomic E-state index is -0.324. The normalized spacial score (nSPS) is 15.0. The van der Waals surface area contributed by atoms with Crippen molar-refractivity contribution >= 4 is 35.1 Å². The lowest BCUT2D eigenvalue weighted by Crippen LogP contribution is -2.29. The summed E-state index contributed by atoms with van der Waals surface area (Å²) in [6.07, 6.45) is 0. The van der Waals surface area contributed by atoms with Gasteiger partial charge in [0.25, 0.3) is 0 Å².